The molecule has 4 saturated carbocycles. The van der Waals surface area contributed by atoms with Gasteiger partial charge in [-0.3, -0.25) is 4.79 Å². The highest BCUT2D eigenvalue weighted by Gasteiger charge is 2.53. The van der Waals surface area contributed by atoms with E-state index in [1.165, 1.54) is 45.5 Å². The number of hydrogen-bond donors (Lipinski definition) is 0. The summed E-state index contributed by atoms with van der Waals surface area (Å²) in [6.45, 7) is 0. The van der Waals surface area contributed by atoms with E-state index >= 15 is 0 Å². The second kappa shape index (κ2) is 9.10. The second-order valence-electron chi connectivity index (χ2n) is 9.86. The van der Waals surface area contributed by atoms with Crippen LogP contribution in [-0.2, 0) is 4.74 Å². The average Bonchev–Trinajstić information content (AvgIpc) is 2.82. The van der Waals surface area contributed by atoms with Gasteiger partial charge in [-0.05, 0) is 92.8 Å². The first kappa shape index (κ1) is 23.0. The van der Waals surface area contributed by atoms with E-state index in [0.717, 1.165) is 19.3 Å². The van der Waals surface area contributed by atoms with Gasteiger partial charge in [-0.25, -0.2) is 4.90 Å². The van der Waals surface area contributed by atoms with Crippen molar-refractivity contribution >= 4 is 29.0 Å². The van der Waals surface area contributed by atoms with Crippen molar-refractivity contribution in [1.29, 1.82) is 0 Å². The molecule has 2 aromatic rings. The molecule has 2 aromatic carbocycles. The number of amides is 1. The first-order chi connectivity index (χ1) is 16.4. The lowest BCUT2D eigenvalue weighted by Gasteiger charge is -2.56. The molecule has 34 heavy (non-hydrogen) atoms. The van der Waals surface area contributed by atoms with Gasteiger partial charge in [0.1, 0.15) is 5.60 Å². The molecular weight excluding hydrogens is 450 g/mol. The van der Waals surface area contributed by atoms with Crippen LogP contribution in [0.25, 0.3) is 0 Å². The SMILES string of the molecule is COc1cc(C(=O)N(C(=S)OC23CC4CC(CC(C4)C2)C3)c2ccccc2)cc(OC)c1OC. The van der Waals surface area contributed by atoms with Gasteiger partial charge in [0.25, 0.3) is 11.1 Å². The number of carbonyl (C=O) groups is 1. The lowest BCUT2D eigenvalue weighted by atomic mass is 9.54. The number of rotatable bonds is 6. The van der Waals surface area contributed by atoms with Crippen molar-refractivity contribution in [3.8, 4) is 17.2 Å². The minimum absolute atomic E-state index is 0.201. The maximum absolute atomic E-state index is 13.9. The quantitative estimate of drug-likeness (QED) is 0.499. The summed E-state index contributed by atoms with van der Waals surface area (Å²) in [6.07, 6.45) is 7.01. The van der Waals surface area contributed by atoms with Crippen LogP contribution < -0.4 is 19.1 Å². The van der Waals surface area contributed by atoms with Crippen LogP contribution in [0.5, 0.6) is 17.2 Å². The van der Waals surface area contributed by atoms with Gasteiger partial charge in [0, 0.05) is 5.56 Å². The Bertz CT molecular complexity index is 1030. The van der Waals surface area contributed by atoms with Gasteiger partial charge in [-0.1, -0.05) is 18.2 Å². The molecule has 0 aromatic heterocycles. The predicted molar refractivity (Wildman–Crippen MR) is 134 cm³/mol. The molecule has 1 amide bonds. The van der Waals surface area contributed by atoms with Crippen molar-refractivity contribution in [1.82, 2.24) is 0 Å². The van der Waals surface area contributed by atoms with Crippen LogP contribution in [0.3, 0.4) is 0 Å². The van der Waals surface area contributed by atoms with Crippen molar-refractivity contribution in [3.63, 3.8) is 0 Å². The standard InChI is InChI=1S/C27H31NO5S/c1-30-22-12-20(13-23(31-2)24(22)32-3)25(29)28(21-7-5-4-6-8-21)26(34)33-27-14-17-9-18(15-27)11-19(10-17)16-27/h4-8,12-13,17-19H,9-11,14-16H2,1-3H3. The molecule has 0 aliphatic heterocycles. The fourth-order valence-electron chi connectivity index (χ4n) is 6.60. The van der Waals surface area contributed by atoms with E-state index in [0.29, 0.717) is 46.3 Å². The molecule has 0 radical (unpaired) electrons. The third-order valence-corrected chi connectivity index (χ3v) is 7.86. The Balaban J connectivity index is 1.49. The predicted octanol–water partition coefficient (Wildman–Crippen LogP) is 5.63. The minimum atomic E-state index is -0.305. The fraction of sp³-hybridized carbons (Fsp3) is 0.481. The van der Waals surface area contributed by atoms with Gasteiger partial charge in [0.05, 0.1) is 27.0 Å². The molecule has 6 nitrogen and oxygen atoms in total. The molecule has 180 valence electrons. The average molecular weight is 482 g/mol. The maximum Gasteiger partial charge on any atom is 0.271 e. The van der Waals surface area contributed by atoms with E-state index in [-0.39, 0.29) is 16.7 Å². The highest BCUT2D eigenvalue weighted by molar-refractivity contribution is 7.80. The molecule has 0 N–H and O–H groups in total. The van der Waals surface area contributed by atoms with E-state index in [9.17, 15) is 4.79 Å². The smallest absolute Gasteiger partial charge is 0.271 e. The lowest BCUT2D eigenvalue weighted by molar-refractivity contribution is -0.114. The van der Waals surface area contributed by atoms with Crippen LogP contribution in [0.15, 0.2) is 42.5 Å². The van der Waals surface area contributed by atoms with Gasteiger partial charge < -0.3 is 18.9 Å². The highest BCUT2D eigenvalue weighted by Crippen LogP contribution is 2.57. The highest BCUT2D eigenvalue weighted by atomic mass is 32.1. The number of hydrogen-bond acceptors (Lipinski definition) is 6. The summed E-state index contributed by atoms with van der Waals surface area (Å²) in [5.74, 6) is 3.08. The molecule has 0 unspecified atom stereocenters. The summed E-state index contributed by atoms with van der Waals surface area (Å²) >= 11 is 5.84. The summed E-state index contributed by atoms with van der Waals surface area (Å²) < 4.78 is 23.0. The molecule has 0 saturated heterocycles. The van der Waals surface area contributed by atoms with Crippen LogP contribution >= 0.6 is 12.2 Å². The summed E-state index contributed by atoms with van der Waals surface area (Å²) in [6, 6.07) is 12.7. The molecule has 6 rings (SSSR count). The van der Waals surface area contributed by atoms with Crippen molar-refractivity contribution in [2.45, 2.75) is 44.1 Å². The molecule has 4 aliphatic carbocycles. The number of methoxy groups -OCH3 is 3. The summed E-state index contributed by atoms with van der Waals surface area (Å²) in [5.41, 5.74) is 0.778. The Morgan fingerprint density at radius 1 is 0.882 bits per heavy atom. The van der Waals surface area contributed by atoms with E-state index in [1.54, 1.807) is 12.1 Å². The van der Waals surface area contributed by atoms with Crippen LogP contribution in [0.2, 0.25) is 0 Å². The molecule has 7 heteroatoms. The Morgan fingerprint density at radius 3 is 1.88 bits per heavy atom. The Hall–Kier alpha value is -2.80. The van der Waals surface area contributed by atoms with Gasteiger partial charge in [0.2, 0.25) is 5.75 Å². The number of thiocarbonyl (C=S) groups is 1. The molecule has 0 atom stereocenters. The van der Waals surface area contributed by atoms with E-state index in [2.05, 4.69) is 0 Å². The van der Waals surface area contributed by atoms with Gasteiger partial charge in [0.15, 0.2) is 11.5 Å². The zero-order chi connectivity index (χ0) is 23.9. The van der Waals surface area contributed by atoms with Crippen LogP contribution in [0.1, 0.15) is 48.9 Å². The maximum atomic E-state index is 13.9. The third-order valence-electron chi connectivity index (χ3n) is 7.60. The monoisotopic (exact) mass is 481 g/mol. The number of anilines is 1. The van der Waals surface area contributed by atoms with Crippen molar-refractivity contribution in [2.75, 3.05) is 26.2 Å². The number of ether oxygens (including phenoxy) is 4. The Labute approximate surface area is 206 Å². The van der Waals surface area contributed by atoms with Gasteiger partial charge in [-0.15, -0.1) is 0 Å². The van der Waals surface area contributed by atoms with E-state index in [4.69, 9.17) is 31.2 Å². The van der Waals surface area contributed by atoms with Crippen molar-refractivity contribution in [2.24, 2.45) is 17.8 Å². The van der Waals surface area contributed by atoms with Gasteiger partial charge >= 0.3 is 0 Å². The normalized spacial score (nSPS) is 26.6. The zero-order valence-corrected chi connectivity index (χ0v) is 20.7. The van der Waals surface area contributed by atoms with E-state index < -0.39 is 0 Å². The topological polar surface area (TPSA) is 57.2 Å². The molecule has 4 fully saturated rings. The molecule has 0 spiro atoms. The van der Waals surface area contributed by atoms with Crippen LogP contribution in [0.4, 0.5) is 5.69 Å². The minimum Gasteiger partial charge on any atom is -0.493 e. The second-order valence-corrected chi connectivity index (χ2v) is 10.2. The Kier molecular flexibility index (Phi) is 6.15. The summed E-state index contributed by atoms with van der Waals surface area (Å²) in [4.78, 5) is 15.4. The molecule has 4 aliphatic rings. The molecular formula is C27H31NO5S. The van der Waals surface area contributed by atoms with Crippen molar-refractivity contribution < 1.29 is 23.7 Å². The number of carbonyl (C=O) groups excluding carboxylic acids is 1. The Morgan fingerprint density at radius 2 is 1.41 bits per heavy atom. The fourth-order valence-corrected chi connectivity index (χ4v) is 6.97. The summed E-state index contributed by atoms with van der Waals surface area (Å²) in [5, 5.41) is 0.201. The summed E-state index contributed by atoms with van der Waals surface area (Å²) in [7, 11) is 4.59. The zero-order valence-electron chi connectivity index (χ0n) is 19.9. The largest absolute Gasteiger partial charge is 0.493 e. The number of nitrogens with zero attached hydrogens (tertiary/aromatic N) is 1. The third kappa shape index (κ3) is 4.11. The molecule has 0 heterocycles. The number of para-hydroxylation sites is 1. The first-order valence-electron chi connectivity index (χ1n) is 11.9. The van der Waals surface area contributed by atoms with Gasteiger partial charge in [-0.2, -0.15) is 0 Å². The van der Waals surface area contributed by atoms with Crippen molar-refractivity contribution in [3.05, 3.63) is 48.0 Å². The molecule has 4 bridgehead atoms. The number of benzene rings is 2. The van der Waals surface area contributed by atoms with E-state index in [1.807, 2.05) is 30.3 Å². The van der Waals surface area contributed by atoms with Crippen LogP contribution in [0, 0.1) is 17.8 Å². The van der Waals surface area contributed by atoms with Crippen LogP contribution in [-0.4, -0.2) is 38.0 Å². The first-order valence-corrected chi connectivity index (χ1v) is 12.3. The lowest BCUT2D eigenvalue weighted by Crippen LogP contribution is -2.54.